The first-order valence-corrected chi connectivity index (χ1v) is 3.04. The normalized spacial score (nSPS) is 9.70. The van der Waals surface area contributed by atoms with E-state index in [0.717, 1.165) is 6.54 Å². The van der Waals surface area contributed by atoms with Crippen LogP contribution in [0.2, 0.25) is 0 Å². The van der Waals surface area contributed by atoms with Crippen LogP contribution in [0.5, 0.6) is 0 Å². The highest BCUT2D eigenvalue weighted by molar-refractivity contribution is 5.25. The molecule has 4 heteroatoms. The minimum absolute atomic E-state index is 0.154. The van der Waals surface area contributed by atoms with Crippen molar-refractivity contribution in [2.75, 3.05) is 0 Å². The smallest absolute Gasteiger partial charge is 0.286 e. The molecule has 54 valence electrons. The van der Waals surface area contributed by atoms with Crippen molar-refractivity contribution in [3.05, 3.63) is 28.6 Å². The molecule has 0 aliphatic carbocycles. The van der Waals surface area contributed by atoms with E-state index in [9.17, 15) is 10.1 Å². The molecule has 0 bridgehead atoms. The second-order valence-corrected chi connectivity index (χ2v) is 1.96. The van der Waals surface area contributed by atoms with Crippen LogP contribution in [0.3, 0.4) is 0 Å². The van der Waals surface area contributed by atoms with Crippen LogP contribution in [-0.2, 0) is 6.54 Å². The maximum atomic E-state index is 10.1. The zero-order valence-corrected chi connectivity index (χ0v) is 5.65. The van der Waals surface area contributed by atoms with Gasteiger partial charge in [-0.25, -0.2) is 0 Å². The predicted molar refractivity (Wildman–Crippen MR) is 36.8 cm³/mol. The molecule has 0 amide bonds. The van der Waals surface area contributed by atoms with Gasteiger partial charge in [0.15, 0.2) is 0 Å². The number of hydrogen-bond acceptors (Lipinski definition) is 2. The van der Waals surface area contributed by atoms with Crippen molar-refractivity contribution in [1.29, 1.82) is 0 Å². The molecule has 0 saturated carbocycles. The Morgan fingerprint density at radius 1 is 1.80 bits per heavy atom. The second kappa shape index (κ2) is 2.51. The van der Waals surface area contributed by atoms with Gasteiger partial charge in [0, 0.05) is 18.8 Å². The van der Waals surface area contributed by atoms with Gasteiger partial charge in [0.1, 0.15) is 0 Å². The molecule has 0 saturated heterocycles. The molecule has 1 rings (SSSR count). The van der Waals surface area contributed by atoms with E-state index in [4.69, 9.17) is 0 Å². The van der Waals surface area contributed by atoms with Crippen LogP contribution in [0, 0.1) is 10.1 Å². The summed E-state index contributed by atoms with van der Waals surface area (Å²) in [5.41, 5.74) is 0.154. The van der Waals surface area contributed by atoms with Crippen LogP contribution < -0.4 is 0 Å². The molecule has 0 aromatic carbocycles. The highest BCUT2D eigenvalue weighted by atomic mass is 16.6. The van der Waals surface area contributed by atoms with Gasteiger partial charge in [-0.3, -0.25) is 10.1 Å². The third-order valence-electron chi connectivity index (χ3n) is 1.31. The third kappa shape index (κ3) is 1.15. The van der Waals surface area contributed by atoms with Gasteiger partial charge in [-0.15, -0.1) is 0 Å². The Bertz CT molecular complexity index is 242. The zero-order valence-electron chi connectivity index (χ0n) is 5.65. The van der Waals surface area contributed by atoms with Crippen LogP contribution in [0.25, 0.3) is 0 Å². The first-order chi connectivity index (χ1) is 4.74. The van der Waals surface area contributed by atoms with Gasteiger partial charge in [0.05, 0.1) is 11.1 Å². The Hall–Kier alpha value is -1.32. The standard InChI is InChI=1S/C6H8N2O2/c1-2-7-4-3-6(5-7)8(9)10/h3-5H,2H2,1H3. The van der Waals surface area contributed by atoms with E-state index >= 15 is 0 Å². The molecule has 1 heterocycles. The summed E-state index contributed by atoms with van der Waals surface area (Å²) in [6, 6.07) is 1.49. The van der Waals surface area contributed by atoms with E-state index in [2.05, 4.69) is 0 Å². The van der Waals surface area contributed by atoms with Gasteiger partial charge in [-0.1, -0.05) is 0 Å². The summed E-state index contributed by atoms with van der Waals surface area (Å²) in [5.74, 6) is 0. The topological polar surface area (TPSA) is 48.1 Å². The second-order valence-electron chi connectivity index (χ2n) is 1.96. The van der Waals surface area contributed by atoms with Crippen LogP contribution in [-0.4, -0.2) is 9.49 Å². The SMILES string of the molecule is CCn1ccc([N+](=O)[O-])c1. The molecule has 1 aromatic rings. The molecule has 0 spiro atoms. The van der Waals surface area contributed by atoms with Crippen molar-refractivity contribution in [2.24, 2.45) is 0 Å². The van der Waals surface area contributed by atoms with Crippen molar-refractivity contribution in [2.45, 2.75) is 13.5 Å². The molecule has 10 heavy (non-hydrogen) atoms. The van der Waals surface area contributed by atoms with E-state index in [1.807, 2.05) is 6.92 Å². The molecule has 0 atom stereocenters. The molecule has 0 aliphatic heterocycles. The Balaban J connectivity index is 2.88. The summed E-state index contributed by atoms with van der Waals surface area (Å²) in [6.07, 6.45) is 3.21. The minimum Gasteiger partial charge on any atom is -0.348 e. The minimum atomic E-state index is -0.397. The lowest BCUT2D eigenvalue weighted by molar-refractivity contribution is -0.384. The Labute approximate surface area is 58.2 Å². The first kappa shape index (κ1) is 6.80. The summed E-state index contributed by atoms with van der Waals surface area (Å²) in [6.45, 7) is 2.71. The average molecular weight is 140 g/mol. The lowest BCUT2D eigenvalue weighted by Crippen LogP contribution is -1.88. The highest BCUT2D eigenvalue weighted by Gasteiger charge is 2.04. The molecule has 0 aliphatic rings. The fourth-order valence-electron chi connectivity index (χ4n) is 0.733. The first-order valence-electron chi connectivity index (χ1n) is 3.04. The summed E-state index contributed by atoms with van der Waals surface area (Å²) < 4.78 is 1.76. The molecule has 0 radical (unpaired) electrons. The van der Waals surface area contributed by atoms with Crippen molar-refractivity contribution < 1.29 is 4.92 Å². The number of nitrogens with zero attached hydrogens (tertiary/aromatic N) is 2. The van der Waals surface area contributed by atoms with Gasteiger partial charge >= 0.3 is 0 Å². The van der Waals surface area contributed by atoms with E-state index in [1.54, 1.807) is 10.8 Å². The number of rotatable bonds is 2. The summed E-state index contributed by atoms with van der Waals surface area (Å²) in [4.78, 5) is 9.73. The number of nitro groups is 1. The van der Waals surface area contributed by atoms with Crippen molar-refractivity contribution in [1.82, 2.24) is 4.57 Å². The Morgan fingerprint density at radius 3 is 2.80 bits per heavy atom. The van der Waals surface area contributed by atoms with Gasteiger partial charge in [0.2, 0.25) is 0 Å². The number of aromatic nitrogens is 1. The van der Waals surface area contributed by atoms with Gasteiger partial charge in [0.25, 0.3) is 5.69 Å². The summed E-state index contributed by atoms with van der Waals surface area (Å²) in [7, 11) is 0. The maximum Gasteiger partial charge on any atom is 0.286 e. The predicted octanol–water partition coefficient (Wildman–Crippen LogP) is 1.42. The van der Waals surface area contributed by atoms with Crippen molar-refractivity contribution >= 4 is 5.69 Å². The lowest BCUT2D eigenvalue weighted by Gasteiger charge is -1.89. The van der Waals surface area contributed by atoms with E-state index in [0.29, 0.717) is 0 Å². The quantitative estimate of drug-likeness (QED) is 0.460. The molecule has 1 aromatic heterocycles. The molecular formula is C6H8N2O2. The van der Waals surface area contributed by atoms with Gasteiger partial charge in [-0.05, 0) is 6.92 Å². The Morgan fingerprint density at radius 2 is 2.50 bits per heavy atom. The number of aryl methyl sites for hydroxylation is 1. The third-order valence-corrected chi connectivity index (χ3v) is 1.31. The average Bonchev–Trinajstić information content (AvgIpc) is 2.34. The summed E-state index contributed by atoms with van der Waals surface area (Å²) in [5, 5.41) is 10.1. The maximum absolute atomic E-state index is 10.1. The monoisotopic (exact) mass is 140 g/mol. The van der Waals surface area contributed by atoms with Crippen LogP contribution in [0.1, 0.15) is 6.92 Å². The van der Waals surface area contributed by atoms with Crippen LogP contribution in [0.4, 0.5) is 5.69 Å². The van der Waals surface area contributed by atoms with E-state index in [-0.39, 0.29) is 5.69 Å². The van der Waals surface area contributed by atoms with E-state index < -0.39 is 4.92 Å². The van der Waals surface area contributed by atoms with E-state index in [1.165, 1.54) is 12.3 Å². The fraction of sp³-hybridized carbons (Fsp3) is 0.333. The lowest BCUT2D eigenvalue weighted by atomic mass is 10.6. The molecule has 0 fully saturated rings. The molecular weight excluding hydrogens is 132 g/mol. The van der Waals surface area contributed by atoms with Gasteiger partial charge < -0.3 is 4.57 Å². The highest BCUT2D eigenvalue weighted by Crippen LogP contribution is 2.09. The molecule has 4 nitrogen and oxygen atoms in total. The zero-order chi connectivity index (χ0) is 7.56. The van der Waals surface area contributed by atoms with Gasteiger partial charge in [-0.2, -0.15) is 0 Å². The number of hydrogen-bond donors (Lipinski definition) is 0. The Kier molecular flexibility index (Phi) is 1.71. The van der Waals surface area contributed by atoms with Crippen molar-refractivity contribution in [3.63, 3.8) is 0 Å². The largest absolute Gasteiger partial charge is 0.348 e. The fourth-order valence-corrected chi connectivity index (χ4v) is 0.733. The van der Waals surface area contributed by atoms with Crippen LogP contribution >= 0.6 is 0 Å². The summed E-state index contributed by atoms with van der Waals surface area (Å²) >= 11 is 0. The van der Waals surface area contributed by atoms with Crippen LogP contribution in [0.15, 0.2) is 18.5 Å². The van der Waals surface area contributed by atoms with Crippen molar-refractivity contribution in [3.8, 4) is 0 Å². The molecule has 0 N–H and O–H groups in total. The molecule has 0 unspecified atom stereocenters.